The largest absolute Gasteiger partial charge is 0.356 e. The first kappa shape index (κ1) is 22.9. The van der Waals surface area contributed by atoms with E-state index in [0.717, 1.165) is 17.5 Å². The van der Waals surface area contributed by atoms with E-state index in [-0.39, 0.29) is 24.1 Å². The van der Waals surface area contributed by atoms with E-state index >= 15 is 0 Å². The van der Waals surface area contributed by atoms with Crippen LogP contribution in [-0.4, -0.2) is 51.5 Å². The molecule has 7 nitrogen and oxygen atoms in total. The van der Waals surface area contributed by atoms with Gasteiger partial charge in [0.1, 0.15) is 5.82 Å². The van der Waals surface area contributed by atoms with Gasteiger partial charge in [-0.15, -0.1) is 0 Å². The Kier molecular flexibility index (Phi) is 9.30. The van der Waals surface area contributed by atoms with Crippen LogP contribution in [0, 0.1) is 5.82 Å². The minimum absolute atomic E-state index is 0.108. The molecule has 0 saturated carbocycles. The number of nitrogens with one attached hydrogen (secondary N) is 4. The molecule has 8 heteroatoms. The Morgan fingerprint density at radius 2 is 1.63 bits per heavy atom. The molecule has 0 aliphatic carbocycles. The summed E-state index contributed by atoms with van der Waals surface area (Å²) < 4.78 is 12.9. The number of halogens is 1. The quantitative estimate of drug-likeness (QED) is 0.283. The van der Waals surface area contributed by atoms with E-state index in [2.05, 4.69) is 26.3 Å². The minimum Gasteiger partial charge on any atom is -0.356 e. The molecule has 0 aliphatic rings. The fourth-order valence-electron chi connectivity index (χ4n) is 2.79. The van der Waals surface area contributed by atoms with E-state index in [0.29, 0.717) is 31.2 Å². The van der Waals surface area contributed by atoms with Crippen LogP contribution in [-0.2, 0) is 17.6 Å². The van der Waals surface area contributed by atoms with Crippen LogP contribution in [0.1, 0.15) is 21.5 Å². The van der Waals surface area contributed by atoms with Crippen molar-refractivity contribution in [3.8, 4) is 0 Å². The van der Waals surface area contributed by atoms with Gasteiger partial charge in [-0.25, -0.2) is 4.39 Å². The van der Waals surface area contributed by atoms with Crippen molar-refractivity contribution in [3.05, 3.63) is 71.0 Å². The summed E-state index contributed by atoms with van der Waals surface area (Å²) in [6, 6.07) is 13.4. The maximum atomic E-state index is 12.9. The second-order valence-electron chi connectivity index (χ2n) is 6.61. The number of carbonyl (C=O) groups excluding carboxylic acids is 2. The lowest BCUT2D eigenvalue weighted by atomic mass is 10.1. The molecule has 0 radical (unpaired) electrons. The fourth-order valence-corrected chi connectivity index (χ4v) is 2.79. The molecule has 30 heavy (non-hydrogen) atoms. The number of rotatable bonds is 9. The molecular weight excluding hydrogens is 385 g/mol. The molecule has 0 unspecified atom stereocenters. The first-order chi connectivity index (χ1) is 14.5. The Hall–Kier alpha value is -3.42. The van der Waals surface area contributed by atoms with Gasteiger partial charge in [-0.2, -0.15) is 0 Å². The molecule has 0 saturated heterocycles. The molecule has 2 aromatic rings. The van der Waals surface area contributed by atoms with Crippen LogP contribution in [0.5, 0.6) is 0 Å². The van der Waals surface area contributed by atoms with Crippen LogP contribution in [0.15, 0.2) is 53.5 Å². The summed E-state index contributed by atoms with van der Waals surface area (Å²) in [6.07, 6.45) is 0.947. The van der Waals surface area contributed by atoms with Crippen LogP contribution < -0.4 is 21.3 Å². The maximum absolute atomic E-state index is 12.9. The van der Waals surface area contributed by atoms with E-state index in [1.54, 1.807) is 32.3 Å². The summed E-state index contributed by atoms with van der Waals surface area (Å²) in [5, 5.41) is 11.8. The van der Waals surface area contributed by atoms with Crippen molar-refractivity contribution in [1.82, 2.24) is 21.3 Å². The molecule has 4 N–H and O–H groups in total. The molecule has 0 spiro atoms. The molecular formula is C22H28FN5O2. The van der Waals surface area contributed by atoms with E-state index in [1.165, 1.54) is 12.1 Å². The number of hydrogen-bond acceptors (Lipinski definition) is 3. The van der Waals surface area contributed by atoms with Crippen molar-refractivity contribution < 1.29 is 14.0 Å². The predicted octanol–water partition coefficient (Wildman–Crippen LogP) is 1.25. The second kappa shape index (κ2) is 12.2. The highest BCUT2D eigenvalue weighted by atomic mass is 19.1. The van der Waals surface area contributed by atoms with Gasteiger partial charge in [-0.05, 0) is 41.8 Å². The van der Waals surface area contributed by atoms with Crippen LogP contribution in [0.25, 0.3) is 0 Å². The number of carbonyl (C=O) groups is 2. The van der Waals surface area contributed by atoms with Crippen molar-refractivity contribution in [2.75, 3.05) is 33.7 Å². The monoisotopic (exact) mass is 413 g/mol. The van der Waals surface area contributed by atoms with Crippen molar-refractivity contribution >= 4 is 17.8 Å². The van der Waals surface area contributed by atoms with Gasteiger partial charge in [-0.1, -0.05) is 24.3 Å². The SMILES string of the molecule is CN=C(NCCNC(=O)Cc1ccc(F)cc1)NCCc1cccc(C(=O)NC)c1. The van der Waals surface area contributed by atoms with Gasteiger partial charge in [0.25, 0.3) is 5.91 Å². The Morgan fingerprint density at radius 1 is 0.933 bits per heavy atom. The number of nitrogens with zero attached hydrogens (tertiary/aromatic N) is 1. The minimum atomic E-state index is -0.318. The van der Waals surface area contributed by atoms with Crippen molar-refractivity contribution in [3.63, 3.8) is 0 Å². The van der Waals surface area contributed by atoms with Crippen LogP contribution >= 0.6 is 0 Å². The summed E-state index contributed by atoms with van der Waals surface area (Å²) in [4.78, 5) is 27.8. The molecule has 0 fully saturated rings. The summed E-state index contributed by atoms with van der Waals surface area (Å²) in [5.74, 6) is 0.0813. The highest BCUT2D eigenvalue weighted by Gasteiger charge is 2.05. The molecule has 0 aliphatic heterocycles. The fraction of sp³-hybridized carbons (Fsp3) is 0.318. The lowest BCUT2D eigenvalue weighted by Gasteiger charge is -2.12. The number of amides is 2. The smallest absolute Gasteiger partial charge is 0.251 e. The van der Waals surface area contributed by atoms with Gasteiger partial charge in [0.05, 0.1) is 6.42 Å². The lowest BCUT2D eigenvalue weighted by Crippen LogP contribution is -2.42. The summed E-state index contributed by atoms with van der Waals surface area (Å²) >= 11 is 0. The Labute approximate surface area is 176 Å². The number of aliphatic imine (C=N–C) groups is 1. The Morgan fingerprint density at radius 3 is 2.33 bits per heavy atom. The van der Waals surface area contributed by atoms with E-state index < -0.39 is 0 Å². The summed E-state index contributed by atoms with van der Waals surface area (Å²) in [6.45, 7) is 1.60. The Bertz CT molecular complexity index is 868. The van der Waals surface area contributed by atoms with Gasteiger partial charge in [0.2, 0.25) is 5.91 Å². The second-order valence-corrected chi connectivity index (χ2v) is 6.61. The standard InChI is InChI=1S/C22H28FN5O2/c1-24-21(30)18-5-3-4-16(14-18)10-11-27-22(25-2)28-13-12-26-20(29)15-17-6-8-19(23)9-7-17/h3-9,14H,10-13,15H2,1-2H3,(H,24,30)(H,26,29)(H2,25,27,28). The molecule has 160 valence electrons. The number of guanidine groups is 1. The van der Waals surface area contributed by atoms with Crippen LogP contribution in [0.3, 0.4) is 0 Å². The van der Waals surface area contributed by atoms with Gasteiger partial charge >= 0.3 is 0 Å². The predicted molar refractivity (Wildman–Crippen MR) is 116 cm³/mol. The van der Waals surface area contributed by atoms with Crippen molar-refractivity contribution in [2.45, 2.75) is 12.8 Å². The van der Waals surface area contributed by atoms with Crippen LogP contribution in [0.2, 0.25) is 0 Å². The van der Waals surface area contributed by atoms with Gasteiger partial charge < -0.3 is 21.3 Å². The normalized spacial score (nSPS) is 11.0. The molecule has 2 amide bonds. The summed E-state index contributed by atoms with van der Waals surface area (Å²) in [5.41, 5.74) is 2.45. The van der Waals surface area contributed by atoms with Crippen LogP contribution in [0.4, 0.5) is 4.39 Å². The van der Waals surface area contributed by atoms with E-state index in [1.807, 2.05) is 18.2 Å². The highest BCUT2D eigenvalue weighted by molar-refractivity contribution is 5.94. The third-order valence-electron chi connectivity index (χ3n) is 4.36. The zero-order valence-corrected chi connectivity index (χ0v) is 17.3. The molecule has 0 bridgehead atoms. The lowest BCUT2D eigenvalue weighted by molar-refractivity contribution is -0.120. The third-order valence-corrected chi connectivity index (χ3v) is 4.36. The zero-order valence-electron chi connectivity index (χ0n) is 17.3. The average molecular weight is 413 g/mol. The molecule has 0 heterocycles. The molecule has 0 aromatic heterocycles. The Balaban J connectivity index is 1.65. The number of benzene rings is 2. The molecule has 0 atom stereocenters. The zero-order chi connectivity index (χ0) is 21.8. The van der Waals surface area contributed by atoms with E-state index in [9.17, 15) is 14.0 Å². The first-order valence-electron chi connectivity index (χ1n) is 9.78. The summed E-state index contributed by atoms with van der Waals surface area (Å²) in [7, 11) is 3.28. The number of hydrogen-bond donors (Lipinski definition) is 4. The third kappa shape index (κ3) is 7.90. The van der Waals surface area contributed by atoms with Gasteiger partial charge in [-0.3, -0.25) is 14.6 Å². The van der Waals surface area contributed by atoms with Gasteiger partial charge in [0, 0.05) is 39.3 Å². The van der Waals surface area contributed by atoms with E-state index in [4.69, 9.17) is 0 Å². The maximum Gasteiger partial charge on any atom is 0.251 e. The highest BCUT2D eigenvalue weighted by Crippen LogP contribution is 2.06. The van der Waals surface area contributed by atoms with Crippen molar-refractivity contribution in [2.24, 2.45) is 4.99 Å². The molecule has 2 rings (SSSR count). The van der Waals surface area contributed by atoms with Crippen molar-refractivity contribution in [1.29, 1.82) is 0 Å². The van der Waals surface area contributed by atoms with Gasteiger partial charge in [0.15, 0.2) is 5.96 Å². The topological polar surface area (TPSA) is 94.6 Å². The molecule has 2 aromatic carbocycles. The first-order valence-corrected chi connectivity index (χ1v) is 9.78. The average Bonchev–Trinajstić information content (AvgIpc) is 2.76.